The van der Waals surface area contributed by atoms with Crippen LogP contribution in [0.15, 0.2) is 47.8 Å². The predicted octanol–water partition coefficient (Wildman–Crippen LogP) is 4.93. The molecule has 2 N–H and O–H groups in total. The fraction of sp³-hybridized carbons (Fsp3) is 0.111. The Hall–Kier alpha value is -2.44. The zero-order valence-electron chi connectivity index (χ0n) is 13.3. The molecule has 3 aromatic rings. The highest BCUT2D eigenvalue weighted by molar-refractivity contribution is 7.14. The molecule has 0 atom stereocenters. The van der Waals surface area contributed by atoms with Gasteiger partial charge in [0.05, 0.1) is 9.75 Å². The lowest BCUT2D eigenvalue weighted by molar-refractivity contribution is 0.102. The molecule has 6 heteroatoms. The number of aryl methyl sites for hydroxylation is 2. The molecule has 2 heterocycles. The second-order valence-electron chi connectivity index (χ2n) is 5.32. The molecule has 0 bridgehead atoms. The van der Waals surface area contributed by atoms with Crippen molar-refractivity contribution in [2.45, 2.75) is 13.8 Å². The molecular formula is C18H16N2O2S2. The molecule has 1 aromatic carbocycles. The summed E-state index contributed by atoms with van der Waals surface area (Å²) in [5, 5.41) is 7.56. The molecule has 2 amide bonds. The number of carbonyl (C=O) groups is 2. The van der Waals surface area contributed by atoms with Crippen LogP contribution >= 0.6 is 22.7 Å². The van der Waals surface area contributed by atoms with Gasteiger partial charge in [-0.05, 0) is 55.1 Å². The molecule has 0 unspecified atom stereocenters. The fourth-order valence-electron chi connectivity index (χ4n) is 2.15. The van der Waals surface area contributed by atoms with Gasteiger partial charge in [-0.3, -0.25) is 9.59 Å². The van der Waals surface area contributed by atoms with E-state index in [1.807, 2.05) is 31.4 Å². The zero-order valence-corrected chi connectivity index (χ0v) is 14.9. The van der Waals surface area contributed by atoms with Crippen LogP contribution in [0, 0.1) is 13.8 Å². The van der Waals surface area contributed by atoms with Crippen molar-refractivity contribution < 1.29 is 9.59 Å². The average molecular weight is 356 g/mol. The van der Waals surface area contributed by atoms with Crippen molar-refractivity contribution in [3.05, 3.63) is 68.0 Å². The van der Waals surface area contributed by atoms with E-state index < -0.39 is 0 Å². The highest BCUT2D eigenvalue weighted by atomic mass is 32.1. The first-order chi connectivity index (χ1) is 11.5. The Morgan fingerprint density at radius 1 is 0.875 bits per heavy atom. The van der Waals surface area contributed by atoms with Gasteiger partial charge in [0.1, 0.15) is 0 Å². The first-order valence-electron chi connectivity index (χ1n) is 7.36. The number of benzene rings is 1. The first-order valence-corrected chi connectivity index (χ1v) is 9.06. The summed E-state index contributed by atoms with van der Waals surface area (Å²) in [7, 11) is 0. The van der Waals surface area contributed by atoms with E-state index in [0.717, 1.165) is 10.4 Å². The van der Waals surface area contributed by atoms with Crippen molar-refractivity contribution in [1.29, 1.82) is 0 Å². The Kier molecular flexibility index (Phi) is 4.78. The molecule has 0 aliphatic carbocycles. The summed E-state index contributed by atoms with van der Waals surface area (Å²) < 4.78 is 0. The lowest BCUT2D eigenvalue weighted by Crippen LogP contribution is -2.12. The summed E-state index contributed by atoms with van der Waals surface area (Å²) in [5.74, 6) is -0.295. The van der Waals surface area contributed by atoms with Crippen LogP contribution in [0.4, 0.5) is 11.4 Å². The fourth-order valence-corrected chi connectivity index (χ4v) is 3.70. The maximum Gasteiger partial charge on any atom is 0.265 e. The van der Waals surface area contributed by atoms with Gasteiger partial charge in [0, 0.05) is 16.3 Å². The van der Waals surface area contributed by atoms with Crippen molar-refractivity contribution in [3.8, 4) is 0 Å². The SMILES string of the molecule is Cc1cc(C(=O)Nc2cccc(NC(=O)c3cccs3)c2)sc1C. The molecule has 0 fully saturated rings. The maximum absolute atomic E-state index is 12.3. The zero-order chi connectivity index (χ0) is 17.1. The van der Waals surface area contributed by atoms with Gasteiger partial charge in [-0.25, -0.2) is 0 Å². The Bertz CT molecular complexity index is 863. The van der Waals surface area contributed by atoms with Crippen LogP contribution in [0.1, 0.15) is 29.8 Å². The predicted molar refractivity (Wildman–Crippen MR) is 100 cm³/mol. The molecule has 122 valence electrons. The van der Waals surface area contributed by atoms with Gasteiger partial charge >= 0.3 is 0 Å². The molecule has 2 aromatic heterocycles. The van der Waals surface area contributed by atoms with Gasteiger partial charge in [0.25, 0.3) is 11.8 Å². The van der Waals surface area contributed by atoms with Crippen LogP contribution < -0.4 is 10.6 Å². The Labute approximate surface area is 148 Å². The number of nitrogens with one attached hydrogen (secondary N) is 2. The minimum absolute atomic E-state index is 0.141. The maximum atomic E-state index is 12.3. The van der Waals surface area contributed by atoms with Crippen LogP contribution in [-0.2, 0) is 0 Å². The molecule has 24 heavy (non-hydrogen) atoms. The molecule has 0 saturated heterocycles. The highest BCUT2D eigenvalue weighted by Crippen LogP contribution is 2.23. The third kappa shape index (κ3) is 3.72. The molecule has 4 nitrogen and oxygen atoms in total. The van der Waals surface area contributed by atoms with Crippen LogP contribution in [0.3, 0.4) is 0 Å². The molecule has 0 radical (unpaired) electrons. The normalized spacial score (nSPS) is 10.4. The molecule has 0 spiro atoms. The number of rotatable bonds is 4. The van der Waals surface area contributed by atoms with E-state index >= 15 is 0 Å². The third-order valence-electron chi connectivity index (χ3n) is 3.51. The van der Waals surface area contributed by atoms with Gasteiger partial charge in [0.2, 0.25) is 0 Å². The van der Waals surface area contributed by atoms with E-state index in [-0.39, 0.29) is 11.8 Å². The number of carbonyl (C=O) groups excluding carboxylic acids is 2. The van der Waals surface area contributed by atoms with E-state index in [4.69, 9.17) is 0 Å². The van der Waals surface area contributed by atoms with Crippen LogP contribution in [-0.4, -0.2) is 11.8 Å². The van der Waals surface area contributed by atoms with Crippen LogP contribution in [0.25, 0.3) is 0 Å². The van der Waals surface area contributed by atoms with E-state index in [1.165, 1.54) is 22.7 Å². The van der Waals surface area contributed by atoms with Crippen molar-refractivity contribution in [3.63, 3.8) is 0 Å². The Morgan fingerprint density at radius 3 is 2.08 bits per heavy atom. The number of anilines is 2. The number of thiophene rings is 2. The third-order valence-corrected chi connectivity index (χ3v) is 5.53. The van der Waals surface area contributed by atoms with Crippen molar-refractivity contribution >= 4 is 45.9 Å². The van der Waals surface area contributed by atoms with Crippen molar-refractivity contribution in [2.75, 3.05) is 10.6 Å². The summed E-state index contributed by atoms with van der Waals surface area (Å²) >= 11 is 2.86. The Morgan fingerprint density at radius 2 is 1.54 bits per heavy atom. The van der Waals surface area contributed by atoms with Crippen molar-refractivity contribution in [1.82, 2.24) is 0 Å². The standard InChI is InChI=1S/C18H16N2O2S2/c1-11-9-16(24-12(11)2)18(22)20-14-6-3-5-13(10-14)19-17(21)15-7-4-8-23-15/h3-10H,1-2H3,(H,19,21)(H,20,22). The quantitative estimate of drug-likeness (QED) is 0.696. The molecule has 0 aliphatic rings. The summed E-state index contributed by atoms with van der Waals surface area (Å²) in [5.41, 5.74) is 2.40. The van der Waals surface area contributed by atoms with Gasteiger partial charge in [-0.1, -0.05) is 12.1 Å². The summed E-state index contributed by atoms with van der Waals surface area (Å²) in [6.07, 6.45) is 0. The molecular weight excluding hydrogens is 340 g/mol. The van der Waals surface area contributed by atoms with E-state index in [0.29, 0.717) is 21.1 Å². The summed E-state index contributed by atoms with van der Waals surface area (Å²) in [6.45, 7) is 3.99. The van der Waals surface area contributed by atoms with Crippen molar-refractivity contribution in [2.24, 2.45) is 0 Å². The van der Waals surface area contributed by atoms with Crippen LogP contribution in [0.5, 0.6) is 0 Å². The minimum Gasteiger partial charge on any atom is -0.321 e. The smallest absolute Gasteiger partial charge is 0.265 e. The van der Waals surface area contributed by atoms with Crippen LogP contribution in [0.2, 0.25) is 0 Å². The Balaban J connectivity index is 1.71. The number of hydrogen-bond acceptors (Lipinski definition) is 4. The van der Waals surface area contributed by atoms with Gasteiger partial charge in [-0.15, -0.1) is 22.7 Å². The largest absolute Gasteiger partial charge is 0.321 e. The monoisotopic (exact) mass is 356 g/mol. The minimum atomic E-state index is -0.155. The topological polar surface area (TPSA) is 58.2 Å². The van der Waals surface area contributed by atoms with Gasteiger partial charge in [-0.2, -0.15) is 0 Å². The summed E-state index contributed by atoms with van der Waals surface area (Å²) in [4.78, 5) is 26.9. The molecule has 0 saturated carbocycles. The number of hydrogen-bond donors (Lipinski definition) is 2. The molecule has 3 rings (SSSR count). The molecule has 0 aliphatic heterocycles. The average Bonchev–Trinajstić information content (AvgIpc) is 3.18. The summed E-state index contributed by atoms with van der Waals surface area (Å²) in [6, 6.07) is 12.6. The van der Waals surface area contributed by atoms with E-state index in [1.54, 1.807) is 30.3 Å². The lowest BCUT2D eigenvalue weighted by Gasteiger charge is -2.07. The first kappa shape index (κ1) is 16.4. The number of amides is 2. The second-order valence-corrected chi connectivity index (χ2v) is 7.52. The van der Waals surface area contributed by atoms with E-state index in [2.05, 4.69) is 10.6 Å². The highest BCUT2D eigenvalue weighted by Gasteiger charge is 2.12. The van der Waals surface area contributed by atoms with E-state index in [9.17, 15) is 9.59 Å². The van der Waals surface area contributed by atoms with Gasteiger partial charge in [0.15, 0.2) is 0 Å². The lowest BCUT2D eigenvalue weighted by atomic mass is 10.2. The van der Waals surface area contributed by atoms with Gasteiger partial charge < -0.3 is 10.6 Å². The second kappa shape index (κ2) is 6.98.